The van der Waals surface area contributed by atoms with Crippen molar-refractivity contribution in [2.75, 3.05) is 19.8 Å². The van der Waals surface area contributed by atoms with Gasteiger partial charge in [-0.05, 0) is 36.6 Å². The maximum atomic E-state index is 11.7. The van der Waals surface area contributed by atoms with Gasteiger partial charge in [0.2, 0.25) is 0 Å². The Morgan fingerprint density at radius 1 is 1.03 bits per heavy atom. The summed E-state index contributed by atoms with van der Waals surface area (Å²) in [6, 6.07) is 14.0. The second-order valence-electron chi connectivity index (χ2n) is 7.90. The second kappa shape index (κ2) is 10.4. The first-order chi connectivity index (χ1) is 13.0. The molecule has 0 saturated carbocycles. The normalized spacial score (nSPS) is 12.3. The van der Waals surface area contributed by atoms with Crippen LogP contribution in [0.25, 0.3) is 0 Å². The van der Waals surface area contributed by atoms with E-state index < -0.39 is 9.84 Å². The van der Waals surface area contributed by atoms with Gasteiger partial charge in [0.15, 0.2) is 15.8 Å². The Balaban J connectivity index is 0.00000420. The lowest BCUT2D eigenvalue weighted by Crippen LogP contribution is -2.43. The molecule has 0 atom stereocenters. The van der Waals surface area contributed by atoms with E-state index in [9.17, 15) is 8.42 Å². The molecule has 0 radical (unpaired) electrons. The average molecular weight is 529 g/mol. The number of nitrogens with one attached hydrogen (secondary N) is 2. The first-order valence-electron chi connectivity index (χ1n) is 9.34. The smallest absolute Gasteiger partial charge is 0.191 e. The Labute approximate surface area is 192 Å². The van der Waals surface area contributed by atoms with Crippen molar-refractivity contribution in [2.45, 2.75) is 44.6 Å². The highest BCUT2D eigenvalue weighted by Gasteiger charge is 2.20. The molecule has 0 spiro atoms. The largest absolute Gasteiger partial charge is 0.356 e. The van der Waals surface area contributed by atoms with Gasteiger partial charge in [-0.2, -0.15) is 0 Å². The van der Waals surface area contributed by atoms with Crippen LogP contribution in [0.1, 0.15) is 36.1 Å². The van der Waals surface area contributed by atoms with E-state index in [1.807, 2.05) is 19.1 Å². The molecule has 0 aliphatic carbocycles. The number of aryl methyl sites for hydroxylation is 2. The lowest BCUT2D eigenvalue weighted by molar-refractivity contribution is 0.508. The van der Waals surface area contributed by atoms with Gasteiger partial charge < -0.3 is 10.6 Å². The molecule has 0 aromatic heterocycles. The molecule has 2 N–H and O–H groups in total. The van der Waals surface area contributed by atoms with E-state index in [0.29, 0.717) is 17.4 Å². The quantitative estimate of drug-likeness (QED) is 0.338. The predicted molar refractivity (Wildman–Crippen MR) is 132 cm³/mol. The molecule has 2 aromatic rings. The van der Waals surface area contributed by atoms with Gasteiger partial charge in [-0.3, -0.25) is 4.99 Å². The van der Waals surface area contributed by atoms with E-state index in [4.69, 9.17) is 0 Å². The van der Waals surface area contributed by atoms with E-state index in [-0.39, 0.29) is 29.4 Å². The van der Waals surface area contributed by atoms with Crippen LogP contribution in [0.3, 0.4) is 0 Å². The molecule has 0 aliphatic heterocycles. The summed E-state index contributed by atoms with van der Waals surface area (Å²) >= 11 is 0. The van der Waals surface area contributed by atoms with E-state index in [2.05, 4.69) is 60.7 Å². The van der Waals surface area contributed by atoms with Gasteiger partial charge in [-0.15, -0.1) is 24.0 Å². The van der Waals surface area contributed by atoms with Crippen molar-refractivity contribution in [1.82, 2.24) is 10.6 Å². The zero-order valence-electron chi connectivity index (χ0n) is 18.0. The summed E-state index contributed by atoms with van der Waals surface area (Å²) in [6.45, 7) is 9.61. The van der Waals surface area contributed by atoms with Gasteiger partial charge in [-0.1, -0.05) is 55.8 Å². The fourth-order valence-electron chi connectivity index (χ4n) is 3.06. The third-order valence-corrected chi connectivity index (χ3v) is 6.11. The van der Waals surface area contributed by atoms with Crippen LogP contribution < -0.4 is 10.6 Å². The van der Waals surface area contributed by atoms with Gasteiger partial charge in [0.05, 0.1) is 4.90 Å². The third kappa shape index (κ3) is 7.29. The Bertz CT molecular complexity index is 953. The molecular formula is C22H32IN3O2S. The first kappa shape index (κ1) is 25.4. The number of nitrogens with zero attached hydrogens (tertiary/aromatic N) is 1. The summed E-state index contributed by atoms with van der Waals surface area (Å²) in [4.78, 5) is 4.67. The average Bonchev–Trinajstić information content (AvgIpc) is 2.61. The van der Waals surface area contributed by atoms with Crippen LogP contribution in [0.15, 0.2) is 52.4 Å². The topological polar surface area (TPSA) is 70.6 Å². The minimum atomic E-state index is -3.20. The number of benzene rings is 2. The monoisotopic (exact) mass is 529 g/mol. The van der Waals surface area contributed by atoms with Crippen molar-refractivity contribution in [1.29, 1.82) is 0 Å². The van der Waals surface area contributed by atoms with Crippen LogP contribution in [0.4, 0.5) is 0 Å². The number of halogens is 1. The molecule has 0 bridgehead atoms. The molecule has 0 amide bonds. The molecule has 2 aromatic carbocycles. The number of rotatable bonds is 6. The Hall–Kier alpha value is -1.61. The SMILES string of the molecule is CN=C(NCc1ccc(S(C)(=O)=O)c(C)c1)NCC(C)(C)c1ccc(C)cc1.I. The maximum Gasteiger partial charge on any atom is 0.191 e. The van der Waals surface area contributed by atoms with Crippen molar-refractivity contribution >= 4 is 39.8 Å². The van der Waals surface area contributed by atoms with Crippen LogP contribution in [-0.2, 0) is 21.8 Å². The number of hydrogen-bond acceptors (Lipinski definition) is 3. The van der Waals surface area contributed by atoms with Crippen molar-refractivity contribution in [3.8, 4) is 0 Å². The highest BCUT2D eigenvalue weighted by Crippen LogP contribution is 2.22. The molecule has 7 heteroatoms. The van der Waals surface area contributed by atoms with Gasteiger partial charge in [0, 0.05) is 31.8 Å². The van der Waals surface area contributed by atoms with E-state index >= 15 is 0 Å². The molecule has 0 heterocycles. The van der Waals surface area contributed by atoms with E-state index in [0.717, 1.165) is 17.7 Å². The number of aliphatic imine (C=N–C) groups is 1. The molecule has 160 valence electrons. The van der Waals surface area contributed by atoms with Crippen LogP contribution in [0.2, 0.25) is 0 Å². The minimum Gasteiger partial charge on any atom is -0.356 e. The number of sulfone groups is 1. The second-order valence-corrected chi connectivity index (χ2v) is 9.89. The lowest BCUT2D eigenvalue weighted by atomic mass is 9.84. The highest BCUT2D eigenvalue weighted by molar-refractivity contribution is 14.0. The van der Waals surface area contributed by atoms with Crippen molar-refractivity contribution in [3.05, 3.63) is 64.7 Å². The van der Waals surface area contributed by atoms with E-state index in [1.54, 1.807) is 13.1 Å². The van der Waals surface area contributed by atoms with E-state index in [1.165, 1.54) is 17.4 Å². The maximum absolute atomic E-state index is 11.7. The molecule has 29 heavy (non-hydrogen) atoms. The molecule has 0 aliphatic rings. The highest BCUT2D eigenvalue weighted by atomic mass is 127. The summed E-state index contributed by atoms with van der Waals surface area (Å²) in [5, 5.41) is 6.68. The Kier molecular flexibility index (Phi) is 9.14. The summed E-state index contributed by atoms with van der Waals surface area (Å²) in [6.07, 6.45) is 1.23. The van der Waals surface area contributed by atoms with Crippen LogP contribution in [-0.4, -0.2) is 34.2 Å². The third-order valence-electron chi connectivity index (χ3n) is 4.85. The summed E-state index contributed by atoms with van der Waals surface area (Å²) < 4.78 is 23.5. The predicted octanol–water partition coefficient (Wildman–Crippen LogP) is 3.97. The summed E-state index contributed by atoms with van der Waals surface area (Å²) in [5.74, 6) is 0.713. The van der Waals surface area contributed by atoms with Crippen LogP contribution >= 0.6 is 24.0 Å². The molecule has 0 unspecified atom stereocenters. The van der Waals surface area contributed by atoms with Crippen LogP contribution in [0, 0.1) is 13.8 Å². The summed E-state index contributed by atoms with van der Waals surface area (Å²) in [5.41, 5.74) is 4.24. The lowest BCUT2D eigenvalue weighted by Gasteiger charge is -2.27. The first-order valence-corrected chi connectivity index (χ1v) is 11.2. The van der Waals surface area contributed by atoms with Crippen molar-refractivity contribution < 1.29 is 8.42 Å². The van der Waals surface area contributed by atoms with Gasteiger partial charge in [0.25, 0.3) is 0 Å². The van der Waals surface area contributed by atoms with Gasteiger partial charge in [0.1, 0.15) is 0 Å². The molecule has 2 rings (SSSR count). The fraction of sp³-hybridized carbons (Fsp3) is 0.409. The van der Waals surface area contributed by atoms with Crippen molar-refractivity contribution in [2.24, 2.45) is 4.99 Å². The number of hydrogen-bond donors (Lipinski definition) is 2. The molecule has 0 saturated heterocycles. The zero-order valence-corrected chi connectivity index (χ0v) is 21.2. The van der Waals surface area contributed by atoms with Crippen molar-refractivity contribution in [3.63, 3.8) is 0 Å². The summed E-state index contributed by atoms with van der Waals surface area (Å²) in [7, 11) is -1.45. The van der Waals surface area contributed by atoms with Gasteiger partial charge in [-0.25, -0.2) is 8.42 Å². The molecule has 0 fully saturated rings. The fourth-order valence-corrected chi connectivity index (χ4v) is 4.01. The van der Waals surface area contributed by atoms with Gasteiger partial charge >= 0.3 is 0 Å². The zero-order chi connectivity index (χ0) is 20.9. The molecular weight excluding hydrogens is 497 g/mol. The minimum absolute atomic E-state index is 0. The van der Waals surface area contributed by atoms with Crippen LogP contribution in [0.5, 0.6) is 0 Å². The molecule has 5 nitrogen and oxygen atoms in total. The Morgan fingerprint density at radius 2 is 1.66 bits per heavy atom. The number of guanidine groups is 1. The Morgan fingerprint density at radius 3 is 2.17 bits per heavy atom. The standard InChI is InChI=1S/C22H31N3O2S.HI/c1-16-7-10-19(11-8-16)22(3,4)15-25-21(23-5)24-14-18-9-12-20(17(2)13-18)28(6,26)27;/h7-13H,14-15H2,1-6H3,(H2,23,24,25);1H.